The highest BCUT2D eigenvalue weighted by Gasteiger charge is 2.30. The van der Waals surface area contributed by atoms with Crippen LogP contribution in [0.25, 0.3) is 0 Å². The normalized spacial score (nSPS) is 24.0. The lowest BCUT2D eigenvalue weighted by Crippen LogP contribution is -2.53. The second-order valence-corrected chi connectivity index (χ2v) is 10.2. The topological polar surface area (TPSA) is 61.4 Å². The molecule has 3 rings (SSSR count). The molecule has 2 amide bonds. The van der Waals surface area contributed by atoms with Crippen LogP contribution >= 0.6 is 0 Å². The number of hydrogen-bond acceptors (Lipinski definition) is 3. The molecule has 0 aromatic heterocycles. The first-order valence-corrected chi connectivity index (χ1v) is 12.3. The van der Waals surface area contributed by atoms with Gasteiger partial charge in [-0.05, 0) is 62.3 Å². The molecule has 0 unspecified atom stereocenters. The molecule has 172 valence electrons. The Morgan fingerprint density at radius 1 is 1.00 bits per heavy atom. The Kier molecular flexibility index (Phi) is 8.94. The van der Waals surface area contributed by atoms with E-state index < -0.39 is 6.04 Å². The van der Waals surface area contributed by atoms with Crippen molar-refractivity contribution in [3.63, 3.8) is 0 Å². The summed E-state index contributed by atoms with van der Waals surface area (Å²) in [4.78, 5) is 28.3. The summed E-state index contributed by atoms with van der Waals surface area (Å²) in [7, 11) is 0. The summed E-state index contributed by atoms with van der Waals surface area (Å²) < 4.78 is 0. The van der Waals surface area contributed by atoms with Gasteiger partial charge in [0, 0.05) is 31.6 Å². The van der Waals surface area contributed by atoms with Crippen LogP contribution in [0, 0.1) is 17.8 Å². The molecule has 1 aliphatic carbocycles. The predicted octanol–water partition coefficient (Wildman–Crippen LogP) is 4.12. The second-order valence-electron chi connectivity index (χ2n) is 10.2. The first-order valence-electron chi connectivity index (χ1n) is 12.3. The molecule has 2 fully saturated rings. The Morgan fingerprint density at radius 3 is 2.26 bits per heavy atom. The van der Waals surface area contributed by atoms with Crippen molar-refractivity contribution in [2.45, 2.75) is 84.3 Å². The third kappa shape index (κ3) is 7.64. The number of likely N-dealkylation sites (tertiary alicyclic amines) is 1. The van der Waals surface area contributed by atoms with Gasteiger partial charge in [0.05, 0.1) is 0 Å². The third-order valence-corrected chi connectivity index (χ3v) is 6.91. The monoisotopic (exact) mass is 427 g/mol. The molecule has 5 heteroatoms. The standard InChI is InChI=1S/C26H41N3O2/c1-19(2)17-24(28-25(30)22-11-9-20(3)10-12-22)26(31)27-23-13-15-29(16-14-23)18-21-7-5-4-6-8-21/h4-8,19-20,22-24H,9-18H2,1-3H3,(H,27,31)(H,28,30)/t20?,22?,24-/m1/s1. The summed E-state index contributed by atoms with van der Waals surface area (Å²) in [5, 5.41) is 6.35. The van der Waals surface area contributed by atoms with E-state index in [2.05, 4.69) is 60.6 Å². The number of hydrogen-bond donors (Lipinski definition) is 2. The van der Waals surface area contributed by atoms with Crippen LogP contribution in [-0.2, 0) is 16.1 Å². The number of piperidine rings is 1. The SMILES string of the molecule is CC(C)C[C@@H](NC(=O)C1CCC(C)CC1)C(=O)NC1CCN(Cc2ccccc2)CC1. The summed E-state index contributed by atoms with van der Waals surface area (Å²) in [6, 6.07) is 10.3. The molecule has 1 heterocycles. The number of carbonyl (C=O) groups excluding carboxylic acids is 2. The van der Waals surface area contributed by atoms with Gasteiger partial charge in [0.25, 0.3) is 0 Å². The zero-order valence-electron chi connectivity index (χ0n) is 19.6. The number of benzene rings is 1. The highest BCUT2D eigenvalue weighted by Crippen LogP contribution is 2.28. The minimum Gasteiger partial charge on any atom is -0.351 e. The van der Waals surface area contributed by atoms with E-state index in [0.717, 1.165) is 58.2 Å². The molecule has 0 radical (unpaired) electrons. The fourth-order valence-electron chi connectivity index (χ4n) is 4.89. The first kappa shape index (κ1) is 23.8. The van der Waals surface area contributed by atoms with Gasteiger partial charge in [-0.1, -0.05) is 51.1 Å². The van der Waals surface area contributed by atoms with Gasteiger partial charge in [0.15, 0.2) is 0 Å². The van der Waals surface area contributed by atoms with E-state index in [1.165, 1.54) is 5.56 Å². The van der Waals surface area contributed by atoms with Gasteiger partial charge in [-0.25, -0.2) is 0 Å². The quantitative estimate of drug-likeness (QED) is 0.656. The van der Waals surface area contributed by atoms with Crippen molar-refractivity contribution in [3.05, 3.63) is 35.9 Å². The van der Waals surface area contributed by atoms with E-state index in [1.807, 2.05) is 6.07 Å². The zero-order chi connectivity index (χ0) is 22.2. The van der Waals surface area contributed by atoms with E-state index in [1.54, 1.807) is 0 Å². The van der Waals surface area contributed by atoms with Crippen molar-refractivity contribution in [3.8, 4) is 0 Å². The molecule has 1 saturated heterocycles. The van der Waals surface area contributed by atoms with Crippen LogP contribution in [-0.4, -0.2) is 41.9 Å². The zero-order valence-corrected chi connectivity index (χ0v) is 19.6. The molecule has 5 nitrogen and oxygen atoms in total. The number of amides is 2. The predicted molar refractivity (Wildman–Crippen MR) is 125 cm³/mol. The smallest absolute Gasteiger partial charge is 0.242 e. The molecule has 1 aromatic rings. The lowest BCUT2D eigenvalue weighted by molar-refractivity contribution is -0.132. The Labute approximate surface area is 188 Å². The molecular weight excluding hydrogens is 386 g/mol. The summed E-state index contributed by atoms with van der Waals surface area (Å²) in [6.07, 6.45) is 6.73. The lowest BCUT2D eigenvalue weighted by Gasteiger charge is -2.33. The molecule has 31 heavy (non-hydrogen) atoms. The highest BCUT2D eigenvalue weighted by molar-refractivity contribution is 5.88. The van der Waals surface area contributed by atoms with Crippen molar-refractivity contribution in [2.75, 3.05) is 13.1 Å². The van der Waals surface area contributed by atoms with Crippen molar-refractivity contribution in [2.24, 2.45) is 17.8 Å². The Hall–Kier alpha value is -1.88. The molecule has 0 bridgehead atoms. The van der Waals surface area contributed by atoms with Gasteiger partial charge in [-0.15, -0.1) is 0 Å². The average molecular weight is 428 g/mol. The van der Waals surface area contributed by atoms with E-state index in [0.29, 0.717) is 18.3 Å². The maximum atomic E-state index is 13.1. The number of nitrogens with zero attached hydrogens (tertiary/aromatic N) is 1. The van der Waals surface area contributed by atoms with Crippen LogP contribution in [0.1, 0.15) is 71.3 Å². The maximum absolute atomic E-state index is 13.1. The van der Waals surface area contributed by atoms with E-state index in [-0.39, 0.29) is 23.8 Å². The molecule has 1 saturated carbocycles. The van der Waals surface area contributed by atoms with Crippen LogP contribution in [0.4, 0.5) is 0 Å². The van der Waals surface area contributed by atoms with Gasteiger partial charge in [0.2, 0.25) is 11.8 Å². The molecular formula is C26H41N3O2. The van der Waals surface area contributed by atoms with Crippen LogP contribution in [0.5, 0.6) is 0 Å². The van der Waals surface area contributed by atoms with Gasteiger partial charge in [0.1, 0.15) is 6.04 Å². The van der Waals surface area contributed by atoms with Crippen molar-refractivity contribution in [1.29, 1.82) is 0 Å². The van der Waals surface area contributed by atoms with Crippen LogP contribution in [0.2, 0.25) is 0 Å². The van der Waals surface area contributed by atoms with Gasteiger partial charge >= 0.3 is 0 Å². The Morgan fingerprint density at radius 2 is 1.65 bits per heavy atom. The Bertz CT molecular complexity index is 690. The van der Waals surface area contributed by atoms with E-state index in [9.17, 15) is 9.59 Å². The molecule has 2 N–H and O–H groups in total. The third-order valence-electron chi connectivity index (χ3n) is 6.91. The maximum Gasteiger partial charge on any atom is 0.242 e. The number of nitrogens with one attached hydrogen (secondary N) is 2. The fraction of sp³-hybridized carbons (Fsp3) is 0.692. The van der Waals surface area contributed by atoms with Gasteiger partial charge in [-0.2, -0.15) is 0 Å². The highest BCUT2D eigenvalue weighted by atomic mass is 16.2. The fourth-order valence-corrected chi connectivity index (χ4v) is 4.89. The molecule has 1 atom stereocenters. The Balaban J connectivity index is 1.47. The summed E-state index contributed by atoms with van der Waals surface area (Å²) in [5.74, 6) is 1.21. The lowest BCUT2D eigenvalue weighted by atomic mass is 9.82. The summed E-state index contributed by atoms with van der Waals surface area (Å²) in [5.41, 5.74) is 1.34. The van der Waals surface area contributed by atoms with Crippen molar-refractivity contribution >= 4 is 11.8 Å². The second kappa shape index (κ2) is 11.7. The van der Waals surface area contributed by atoms with Crippen molar-refractivity contribution < 1.29 is 9.59 Å². The molecule has 1 aliphatic heterocycles. The van der Waals surface area contributed by atoms with E-state index >= 15 is 0 Å². The van der Waals surface area contributed by atoms with Crippen LogP contribution < -0.4 is 10.6 Å². The van der Waals surface area contributed by atoms with Crippen LogP contribution in [0.15, 0.2) is 30.3 Å². The minimum absolute atomic E-state index is 0.00673. The average Bonchev–Trinajstić information content (AvgIpc) is 2.75. The van der Waals surface area contributed by atoms with Crippen molar-refractivity contribution in [1.82, 2.24) is 15.5 Å². The summed E-state index contributed by atoms with van der Waals surface area (Å²) in [6.45, 7) is 9.41. The largest absolute Gasteiger partial charge is 0.351 e. The molecule has 0 spiro atoms. The van der Waals surface area contributed by atoms with Gasteiger partial charge in [-0.3, -0.25) is 14.5 Å². The van der Waals surface area contributed by atoms with E-state index in [4.69, 9.17) is 0 Å². The molecule has 1 aromatic carbocycles. The van der Waals surface area contributed by atoms with Crippen LogP contribution in [0.3, 0.4) is 0 Å². The number of carbonyl (C=O) groups is 2. The molecule has 2 aliphatic rings. The minimum atomic E-state index is -0.422. The van der Waals surface area contributed by atoms with Gasteiger partial charge < -0.3 is 10.6 Å². The number of rotatable bonds is 8. The first-order chi connectivity index (χ1) is 14.9. The summed E-state index contributed by atoms with van der Waals surface area (Å²) >= 11 is 0.